The first-order chi connectivity index (χ1) is 9.32. The number of nitrogens with zero attached hydrogens (tertiary/aromatic N) is 3. The zero-order valence-electron chi connectivity index (χ0n) is 11.3. The van der Waals surface area contributed by atoms with Gasteiger partial charge in [-0.2, -0.15) is 0 Å². The first kappa shape index (κ1) is 14.7. The third-order valence-corrected chi connectivity index (χ3v) is 3.17. The van der Waals surface area contributed by atoms with Crippen molar-refractivity contribution in [2.45, 2.75) is 18.8 Å². The van der Waals surface area contributed by atoms with Crippen molar-refractivity contribution < 1.29 is 13.6 Å². The fourth-order valence-corrected chi connectivity index (χ4v) is 2.08. The summed E-state index contributed by atoms with van der Waals surface area (Å²) in [6, 6.07) is 2.37. The van der Waals surface area contributed by atoms with E-state index in [9.17, 15) is 13.6 Å². The van der Waals surface area contributed by atoms with Crippen molar-refractivity contribution in [1.29, 1.82) is 0 Å². The predicted octanol–water partition coefficient (Wildman–Crippen LogP) is 2.70. The van der Waals surface area contributed by atoms with Crippen LogP contribution < -0.4 is 0 Å². The van der Waals surface area contributed by atoms with Crippen molar-refractivity contribution in [3.63, 3.8) is 0 Å². The van der Waals surface area contributed by atoms with E-state index in [0.29, 0.717) is 5.82 Å². The summed E-state index contributed by atoms with van der Waals surface area (Å²) in [5.41, 5.74) is 0.237. The topological polar surface area (TPSA) is 38.1 Å². The number of alkyl halides is 1. The molecule has 1 aromatic heterocycles. The Morgan fingerprint density at radius 1 is 1.45 bits per heavy atom. The van der Waals surface area contributed by atoms with Gasteiger partial charge in [-0.25, -0.2) is 13.8 Å². The van der Waals surface area contributed by atoms with Crippen molar-refractivity contribution in [2.24, 2.45) is 0 Å². The number of fused-ring (bicyclic) bond motifs is 1. The fourth-order valence-electron chi connectivity index (χ4n) is 1.92. The second-order valence-electron chi connectivity index (χ2n) is 4.69. The number of carbonyl (C=O) groups is 1. The van der Waals surface area contributed by atoms with Gasteiger partial charge in [0.2, 0.25) is 5.91 Å². The minimum atomic E-state index is -1.02. The molecular weight excluding hydrogens is 288 g/mol. The van der Waals surface area contributed by atoms with E-state index in [1.165, 1.54) is 15.5 Å². The van der Waals surface area contributed by atoms with Gasteiger partial charge in [-0.1, -0.05) is 0 Å². The van der Waals surface area contributed by atoms with E-state index in [-0.39, 0.29) is 23.5 Å². The lowest BCUT2D eigenvalue weighted by Crippen LogP contribution is -2.27. The third-order valence-electron chi connectivity index (χ3n) is 2.98. The molecule has 0 fully saturated rings. The number of hydrogen-bond donors (Lipinski definition) is 0. The number of likely N-dealkylation sites (N-methyl/N-ethyl adjacent to an activating group) is 1. The van der Waals surface area contributed by atoms with Crippen molar-refractivity contribution >= 4 is 28.5 Å². The van der Waals surface area contributed by atoms with E-state index in [4.69, 9.17) is 11.6 Å². The summed E-state index contributed by atoms with van der Waals surface area (Å²) in [4.78, 5) is 17.4. The van der Waals surface area contributed by atoms with E-state index in [2.05, 4.69) is 4.98 Å². The molecule has 1 unspecified atom stereocenters. The summed E-state index contributed by atoms with van der Waals surface area (Å²) < 4.78 is 28.7. The Hall–Kier alpha value is -1.69. The van der Waals surface area contributed by atoms with Gasteiger partial charge in [-0.05, 0) is 19.1 Å². The first-order valence-corrected chi connectivity index (χ1v) is 6.45. The maximum absolute atomic E-state index is 14.0. The molecule has 0 N–H and O–H groups in total. The maximum Gasteiger partial charge on any atom is 0.242 e. The van der Waals surface area contributed by atoms with Gasteiger partial charge in [-0.15, -0.1) is 11.6 Å². The van der Waals surface area contributed by atoms with Crippen LogP contribution in [0.5, 0.6) is 0 Å². The van der Waals surface area contributed by atoms with Crippen LogP contribution in [0, 0.1) is 11.6 Å². The normalized spacial score (nSPS) is 12.7. The second-order valence-corrected chi connectivity index (χ2v) is 5.34. The predicted molar refractivity (Wildman–Crippen MR) is 72.6 cm³/mol. The molecule has 1 atom stereocenters. The summed E-state index contributed by atoms with van der Waals surface area (Å²) in [6.45, 7) is 1.52. The zero-order valence-corrected chi connectivity index (χ0v) is 12.1. The Morgan fingerprint density at radius 2 is 2.10 bits per heavy atom. The van der Waals surface area contributed by atoms with E-state index < -0.39 is 17.0 Å². The van der Waals surface area contributed by atoms with E-state index >= 15 is 0 Å². The average molecular weight is 302 g/mol. The SMILES string of the molecule is CC(Cl)c1nc2ccc(F)c(F)c2n1CC(=O)N(C)C. The Balaban J connectivity index is 2.67. The number of rotatable bonds is 3. The minimum absolute atomic E-state index is 0.0392. The molecule has 2 aromatic rings. The number of aromatic nitrogens is 2. The first-order valence-electron chi connectivity index (χ1n) is 6.01. The molecule has 0 radical (unpaired) electrons. The lowest BCUT2D eigenvalue weighted by molar-refractivity contribution is -0.129. The summed E-state index contributed by atoms with van der Waals surface area (Å²) in [5, 5.41) is -0.528. The van der Waals surface area contributed by atoms with Crippen molar-refractivity contribution in [2.75, 3.05) is 14.1 Å². The summed E-state index contributed by atoms with van der Waals surface area (Å²) >= 11 is 6.01. The fraction of sp³-hybridized carbons (Fsp3) is 0.385. The molecule has 0 aliphatic rings. The zero-order chi connectivity index (χ0) is 15.0. The molecule has 0 aliphatic heterocycles. The second kappa shape index (κ2) is 5.36. The van der Waals surface area contributed by atoms with E-state index in [1.54, 1.807) is 21.0 Å². The molecule has 1 aromatic carbocycles. The van der Waals surface area contributed by atoms with Gasteiger partial charge in [0.25, 0.3) is 0 Å². The summed E-state index contributed by atoms with van der Waals surface area (Å²) in [5.74, 6) is -1.93. The molecule has 0 aliphatic carbocycles. The standard InChI is InChI=1S/C13H14ClF2N3O/c1-7(14)13-17-9-5-4-8(15)11(16)12(9)19(13)6-10(20)18(2)3/h4-5,7H,6H2,1-3H3. The van der Waals surface area contributed by atoms with Gasteiger partial charge in [0.05, 0.1) is 10.9 Å². The van der Waals surface area contributed by atoms with Crippen LogP contribution in [0.4, 0.5) is 8.78 Å². The Morgan fingerprint density at radius 3 is 2.65 bits per heavy atom. The number of benzene rings is 1. The highest BCUT2D eigenvalue weighted by Crippen LogP contribution is 2.27. The van der Waals surface area contributed by atoms with Crippen LogP contribution >= 0.6 is 11.6 Å². The molecule has 20 heavy (non-hydrogen) atoms. The molecule has 0 spiro atoms. The molecular formula is C13H14ClF2N3O. The van der Waals surface area contributed by atoms with Gasteiger partial charge in [0, 0.05) is 14.1 Å². The van der Waals surface area contributed by atoms with Crippen LogP contribution in [0.25, 0.3) is 11.0 Å². The van der Waals surface area contributed by atoms with Crippen LogP contribution in [0.1, 0.15) is 18.1 Å². The molecule has 0 saturated heterocycles. The molecule has 0 saturated carbocycles. The van der Waals surface area contributed by atoms with Crippen LogP contribution in [0.15, 0.2) is 12.1 Å². The van der Waals surface area contributed by atoms with Gasteiger partial charge >= 0.3 is 0 Å². The molecule has 7 heteroatoms. The van der Waals surface area contributed by atoms with Crippen LogP contribution in [0.2, 0.25) is 0 Å². The Labute approximate surface area is 119 Å². The monoisotopic (exact) mass is 301 g/mol. The maximum atomic E-state index is 14.0. The number of amides is 1. The number of imidazole rings is 1. The van der Waals surface area contributed by atoms with Crippen molar-refractivity contribution in [1.82, 2.24) is 14.5 Å². The quantitative estimate of drug-likeness (QED) is 0.818. The van der Waals surface area contributed by atoms with Gasteiger partial charge in [-0.3, -0.25) is 4.79 Å². The molecule has 4 nitrogen and oxygen atoms in total. The average Bonchev–Trinajstić information content (AvgIpc) is 2.73. The highest BCUT2D eigenvalue weighted by molar-refractivity contribution is 6.20. The Bertz CT molecular complexity index is 667. The van der Waals surface area contributed by atoms with Gasteiger partial charge in [0.1, 0.15) is 17.9 Å². The molecule has 108 valence electrons. The van der Waals surface area contributed by atoms with Crippen LogP contribution in [0.3, 0.4) is 0 Å². The largest absolute Gasteiger partial charge is 0.347 e. The molecule has 0 bridgehead atoms. The lowest BCUT2D eigenvalue weighted by atomic mass is 10.3. The number of halogens is 3. The molecule has 2 rings (SSSR count). The molecule has 1 amide bonds. The number of hydrogen-bond acceptors (Lipinski definition) is 2. The molecule has 1 heterocycles. The van der Waals surface area contributed by atoms with E-state index in [1.807, 2.05) is 0 Å². The third kappa shape index (κ3) is 2.47. The Kier molecular flexibility index (Phi) is 3.94. The van der Waals surface area contributed by atoms with Gasteiger partial charge < -0.3 is 9.47 Å². The lowest BCUT2D eigenvalue weighted by Gasteiger charge is -2.14. The smallest absolute Gasteiger partial charge is 0.242 e. The number of carbonyl (C=O) groups excluding carboxylic acids is 1. The highest BCUT2D eigenvalue weighted by Gasteiger charge is 2.21. The van der Waals surface area contributed by atoms with E-state index in [0.717, 1.165) is 6.07 Å². The van der Waals surface area contributed by atoms with Gasteiger partial charge in [0.15, 0.2) is 11.6 Å². The van der Waals surface area contributed by atoms with Crippen LogP contribution in [-0.4, -0.2) is 34.5 Å². The minimum Gasteiger partial charge on any atom is -0.347 e. The van der Waals surface area contributed by atoms with Crippen molar-refractivity contribution in [3.05, 3.63) is 29.6 Å². The van der Waals surface area contributed by atoms with Crippen molar-refractivity contribution in [3.8, 4) is 0 Å². The van der Waals surface area contributed by atoms with Crippen LogP contribution in [-0.2, 0) is 11.3 Å². The summed E-state index contributed by atoms with van der Waals surface area (Å²) in [6.07, 6.45) is 0. The summed E-state index contributed by atoms with van der Waals surface area (Å²) in [7, 11) is 3.17. The highest BCUT2D eigenvalue weighted by atomic mass is 35.5.